The lowest BCUT2D eigenvalue weighted by Crippen LogP contribution is -2.49. The van der Waals surface area contributed by atoms with Crippen LogP contribution in [0, 0.1) is 0 Å². The molecule has 7 heteroatoms. The van der Waals surface area contributed by atoms with E-state index in [1.807, 2.05) is 0 Å². The van der Waals surface area contributed by atoms with Crippen LogP contribution in [0.1, 0.15) is 50.7 Å². The van der Waals surface area contributed by atoms with Gasteiger partial charge in [-0.05, 0) is 51.3 Å². The van der Waals surface area contributed by atoms with E-state index in [1.54, 1.807) is 20.8 Å². The highest BCUT2D eigenvalue weighted by atomic mass is 19.4. The van der Waals surface area contributed by atoms with E-state index < -0.39 is 23.4 Å². The third kappa shape index (κ3) is 5.11. The van der Waals surface area contributed by atoms with Crippen molar-refractivity contribution in [2.75, 3.05) is 13.2 Å². The minimum absolute atomic E-state index is 0.0856. The summed E-state index contributed by atoms with van der Waals surface area (Å²) >= 11 is 0. The summed E-state index contributed by atoms with van der Waals surface area (Å²) in [6.07, 6.45) is -3.62. The molecule has 0 bridgehead atoms. The monoisotopic (exact) mass is 359 g/mol. The standard InChI is InChI=1S/C18H24F3NO3/c1-17(2,3)25-16(24)22-10-13(6-9-15(22)11-23)12-4-7-14(8-5-12)18(19,20)21/h4-5,7-8,13,15,23H,6,9-11H2,1-3H3. The Hall–Kier alpha value is -1.76. The molecule has 2 rings (SSSR count). The third-order valence-corrected chi connectivity index (χ3v) is 4.25. The Morgan fingerprint density at radius 2 is 1.80 bits per heavy atom. The molecule has 2 atom stereocenters. The zero-order chi connectivity index (χ0) is 18.8. The fourth-order valence-electron chi connectivity index (χ4n) is 2.98. The number of carbonyl (C=O) groups is 1. The largest absolute Gasteiger partial charge is 0.444 e. The number of benzene rings is 1. The first-order chi connectivity index (χ1) is 11.5. The second-order valence-corrected chi connectivity index (χ2v) is 7.36. The fourth-order valence-corrected chi connectivity index (χ4v) is 2.98. The van der Waals surface area contributed by atoms with Crippen LogP contribution in [0.4, 0.5) is 18.0 Å². The molecule has 2 unspecified atom stereocenters. The lowest BCUT2D eigenvalue weighted by molar-refractivity contribution is -0.137. The lowest BCUT2D eigenvalue weighted by atomic mass is 9.87. The van der Waals surface area contributed by atoms with Gasteiger partial charge < -0.3 is 14.7 Å². The summed E-state index contributed by atoms with van der Waals surface area (Å²) < 4.78 is 43.4. The van der Waals surface area contributed by atoms with Crippen molar-refractivity contribution in [2.24, 2.45) is 0 Å². The first-order valence-electron chi connectivity index (χ1n) is 8.29. The smallest absolute Gasteiger partial charge is 0.416 e. The lowest BCUT2D eigenvalue weighted by Gasteiger charge is -2.39. The second kappa shape index (κ2) is 7.23. The Balaban J connectivity index is 2.14. The summed E-state index contributed by atoms with van der Waals surface area (Å²) in [4.78, 5) is 13.9. The Morgan fingerprint density at radius 1 is 1.20 bits per heavy atom. The molecule has 1 aliphatic heterocycles. The van der Waals surface area contributed by atoms with Crippen LogP contribution in [0.15, 0.2) is 24.3 Å². The van der Waals surface area contributed by atoms with E-state index in [-0.39, 0.29) is 18.6 Å². The molecule has 25 heavy (non-hydrogen) atoms. The number of aliphatic hydroxyl groups excluding tert-OH is 1. The summed E-state index contributed by atoms with van der Waals surface area (Å²) in [5, 5.41) is 9.52. The number of amides is 1. The highest BCUT2D eigenvalue weighted by Gasteiger charge is 2.35. The average molecular weight is 359 g/mol. The minimum atomic E-state index is -4.37. The maximum Gasteiger partial charge on any atom is 0.416 e. The SMILES string of the molecule is CC(C)(C)OC(=O)N1CC(c2ccc(C(F)(F)F)cc2)CCC1CO. The second-order valence-electron chi connectivity index (χ2n) is 7.36. The van der Waals surface area contributed by atoms with Gasteiger partial charge in [-0.3, -0.25) is 0 Å². The maximum absolute atomic E-state index is 12.7. The van der Waals surface area contributed by atoms with Gasteiger partial charge >= 0.3 is 12.3 Å². The van der Waals surface area contributed by atoms with Gasteiger partial charge in [-0.15, -0.1) is 0 Å². The predicted molar refractivity (Wildman–Crippen MR) is 87.2 cm³/mol. The van der Waals surface area contributed by atoms with Gasteiger partial charge in [0.2, 0.25) is 0 Å². The number of carbonyl (C=O) groups excluding carboxylic acids is 1. The van der Waals surface area contributed by atoms with Crippen molar-refractivity contribution in [2.45, 2.75) is 57.3 Å². The third-order valence-electron chi connectivity index (χ3n) is 4.25. The van der Waals surface area contributed by atoms with Gasteiger partial charge in [0.05, 0.1) is 18.2 Å². The molecular weight excluding hydrogens is 335 g/mol. The van der Waals surface area contributed by atoms with Gasteiger partial charge in [-0.25, -0.2) is 4.79 Å². The Morgan fingerprint density at radius 3 is 2.28 bits per heavy atom. The van der Waals surface area contributed by atoms with E-state index in [1.165, 1.54) is 17.0 Å². The van der Waals surface area contributed by atoms with Gasteiger partial charge in [0.25, 0.3) is 0 Å². The summed E-state index contributed by atoms with van der Waals surface area (Å²) in [6, 6.07) is 4.71. The molecule has 1 N–H and O–H groups in total. The molecule has 1 aromatic carbocycles. The topological polar surface area (TPSA) is 49.8 Å². The van der Waals surface area contributed by atoms with Gasteiger partial charge in [0.15, 0.2) is 0 Å². The molecule has 1 saturated heterocycles. The summed E-state index contributed by atoms with van der Waals surface area (Å²) in [5.74, 6) is -0.0856. The van der Waals surface area contributed by atoms with E-state index >= 15 is 0 Å². The highest BCUT2D eigenvalue weighted by Crippen LogP contribution is 2.34. The van der Waals surface area contributed by atoms with Crippen LogP contribution < -0.4 is 0 Å². The molecule has 1 amide bonds. The molecule has 0 saturated carbocycles. The highest BCUT2D eigenvalue weighted by molar-refractivity contribution is 5.69. The zero-order valence-electron chi connectivity index (χ0n) is 14.6. The molecule has 4 nitrogen and oxygen atoms in total. The van der Waals surface area contributed by atoms with Gasteiger partial charge in [-0.2, -0.15) is 13.2 Å². The molecule has 0 aliphatic carbocycles. The van der Waals surface area contributed by atoms with Crippen LogP contribution in [-0.2, 0) is 10.9 Å². The number of nitrogens with zero attached hydrogens (tertiary/aromatic N) is 1. The fraction of sp³-hybridized carbons (Fsp3) is 0.611. The van der Waals surface area contributed by atoms with Crippen molar-refractivity contribution in [3.63, 3.8) is 0 Å². The molecular formula is C18H24F3NO3. The van der Waals surface area contributed by atoms with Crippen LogP contribution in [0.5, 0.6) is 0 Å². The Labute approximate surface area is 145 Å². The van der Waals surface area contributed by atoms with Gasteiger partial charge in [0.1, 0.15) is 5.60 Å². The molecule has 1 fully saturated rings. The Bertz CT molecular complexity index is 593. The molecule has 1 aromatic rings. The van der Waals surface area contributed by atoms with Crippen molar-refractivity contribution < 1.29 is 27.8 Å². The first kappa shape index (κ1) is 19.6. The van der Waals surface area contributed by atoms with Crippen molar-refractivity contribution in [1.29, 1.82) is 0 Å². The number of piperidine rings is 1. The van der Waals surface area contributed by atoms with Crippen LogP contribution >= 0.6 is 0 Å². The van der Waals surface area contributed by atoms with E-state index in [4.69, 9.17) is 4.74 Å². The van der Waals surface area contributed by atoms with Crippen LogP contribution in [-0.4, -0.2) is 40.9 Å². The number of halogens is 3. The van der Waals surface area contributed by atoms with Crippen molar-refractivity contribution in [1.82, 2.24) is 4.90 Å². The van der Waals surface area contributed by atoms with Gasteiger partial charge in [-0.1, -0.05) is 12.1 Å². The number of alkyl halides is 3. The number of hydrogen-bond donors (Lipinski definition) is 1. The molecule has 0 aromatic heterocycles. The van der Waals surface area contributed by atoms with Crippen molar-refractivity contribution >= 4 is 6.09 Å². The van der Waals surface area contributed by atoms with E-state index in [9.17, 15) is 23.1 Å². The average Bonchev–Trinajstić information content (AvgIpc) is 2.52. The number of aliphatic hydroxyl groups is 1. The minimum Gasteiger partial charge on any atom is -0.444 e. The molecule has 1 aliphatic rings. The van der Waals surface area contributed by atoms with Crippen molar-refractivity contribution in [3.05, 3.63) is 35.4 Å². The first-order valence-corrected chi connectivity index (χ1v) is 8.29. The van der Waals surface area contributed by atoms with E-state index in [2.05, 4.69) is 0 Å². The zero-order valence-corrected chi connectivity index (χ0v) is 14.6. The van der Waals surface area contributed by atoms with Gasteiger partial charge in [0, 0.05) is 12.5 Å². The van der Waals surface area contributed by atoms with E-state index in [0.717, 1.165) is 17.7 Å². The molecule has 0 spiro atoms. The normalized spacial score (nSPS) is 22.0. The number of ether oxygens (including phenoxy) is 1. The maximum atomic E-state index is 12.7. The van der Waals surface area contributed by atoms with Crippen LogP contribution in [0.25, 0.3) is 0 Å². The number of rotatable bonds is 2. The quantitative estimate of drug-likeness (QED) is 0.862. The van der Waals surface area contributed by atoms with Crippen LogP contribution in [0.2, 0.25) is 0 Å². The number of hydrogen-bond acceptors (Lipinski definition) is 3. The van der Waals surface area contributed by atoms with E-state index in [0.29, 0.717) is 19.4 Å². The molecule has 140 valence electrons. The molecule has 0 radical (unpaired) electrons. The summed E-state index contributed by atoms with van der Waals surface area (Å²) in [6.45, 7) is 5.42. The van der Waals surface area contributed by atoms with Crippen LogP contribution in [0.3, 0.4) is 0 Å². The summed E-state index contributed by atoms with van der Waals surface area (Å²) in [7, 11) is 0. The summed E-state index contributed by atoms with van der Waals surface area (Å²) in [5.41, 5.74) is -0.597. The van der Waals surface area contributed by atoms with Crippen molar-refractivity contribution in [3.8, 4) is 0 Å². The predicted octanol–water partition coefficient (Wildman–Crippen LogP) is 4.18. The Kier molecular flexibility index (Phi) is 5.66. The number of likely N-dealkylation sites (tertiary alicyclic amines) is 1. The molecule has 1 heterocycles.